The zero-order chi connectivity index (χ0) is 21.8. The molecule has 0 bridgehead atoms. The maximum absolute atomic E-state index is 13.4. The van der Waals surface area contributed by atoms with E-state index in [9.17, 15) is 4.79 Å². The van der Waals surface area contributed by atoms with E-state index in [1.165, 1.54) is 0 Å². The molecule has 0 N–H and O–H groups in total. The normalized spacial score (nSPS) is 14.1. The maximum Gasteiger partial charge on any atom is 0.254 e. The first kappa shape index (κ1) is 21.6. The average molecular weight is 484 g/mol. The third-order valence-corrected chi connectivity index (χ3v) is 5.89. The summed E-state index contributed by atoms with van der Waals surface area (Å²) >= 11 is 3.47. The number of nitrogens with zero attached hydrogens (tertiary/aromatic N) is 3. The predicted molar refractivity (Wildman–Crippen MR) is 124 cm³/mol. The number of aromatic nitrogens is 1. The lowest BCUT2D eigenvalue weighted by Crippen LogP contribution is -2.39. The second-order valence-electron chi connectivity index (χ2n) is 7.82. The van der Waals surface area contributed by atoms with Crippen LogP contribution in [-0.2, 0) is 11.3 Å². The fraction of sp³-hybridized carbons (Fsp3) is 0.333. The van der Waals surface area contributed by atoms with Crippen molar-refractivity contribution in [1.82, 2.24) is 10.1 Å². The summed E-state index contributed by atoms with van der Waals surface area (Å²) in [4.78, 5) is 17.4. The summed E-state index contributed by atoms with van der Waals surface area (Å²) in [6.07, 6.45) is 0. The minimum atomic E-state index is -0.0237. The number of anilines is 1. The molecule has 0 radical (unpaired) electrons. The molecule has 1 aromatic heterocycles. The molecule has 0 atom stereocenters. The minimum Gasteiger partial charge on any atom is -0.378 e. The van der Waals surface area contributed by atoms with Crippen molar-refractivity contribution >= 4 is 27.7 Å². The largest absolute Gasteiger partial charge is 0.378 e. The van der Waals surface area contributed by atoms with Crippen LogP contribution in [0.2, 0.25) is 0 Å². The first-order valence-corrected chi connectivity index (χ1v) is 11.3. The van der Waals surface area contributed by atoms with E-state index in [4.69, 9.17) is 9.26 Å². The van der Waals surface area contributed by atoms with Crippen LogP contribution in [0.15, 0.2) is 63.6 Å². The number of rotatable bonds is 6. The molecule has 0 unspecified atom stereocenters. The second-order valence-corrected chi connectivity index (χ2v) is 8.73. The lowest BCUT2D eigenvalue weighted by atomic mass is 10.1. The van der Waals surface area contributed by atoms with Crippen molar-refractivity contribution in [3.8, 4) is 11.3 Å². The Kier molecular flexibility index (Phi) is 6.73. The van der Waals surface area contributed by atoms with Gasteiger partial charge in [-0.2, -0.15) is 0 Å². The Labute approximate surface area is 190 Å². The van der Waals surface area contributed by atoms with Gasteiger partial charge in [0.25, 0.3) is 5.91 Å². The summed E-state index contributed by atoms with van der Waals surface area (Å²) < 4.78 is 12.2. The van der Waals surface area contributed by atoms with E-state index in [1.807, 2.05) is 73.3 Å². The molecular formula is C24H26BrN3O3. The van der Waals surface area contributed by atoms with Crippen LogP contribution in [-0.4, -0.2) is 48.3 Å². The van der Waals surface area contributed by atoms with Gasteiger partial charge in [-0.05, 0) is 32.0 Å². The van der Waals surface area contributed by atoms with Crippen LogP contribution in [0, 0.1) is 0 Å². The SMILES string of the molecule is CC(C)N(Cc1c(-c2ccccc2)noc1N1CCOCC1)C(=O)c1cccc(Br)c1. The quantitative estimate of drug-likeness (QED) is 0.494. The van der Waals surface area contributed by atoms with Crippen LogP contribution in [0.25, 0.3) is 11.3 Å². The molecule has 1 amide bonds. The number of carbonyl (C=O) groups excluding carboxylic acids is 1. The second kappa shape index (κ2) is 9.66. The molecule has 4 rings (SSSR count). The molecule has 0 spiro atoms. The average Bonchev–Trinajstić information content (AvgIpc) is 3.21. The van der Waals surface area contributed by atoms with Crippen molar-refractivity contribution < 1.29 is 14.1 Å². The van der Waals surface area contributed by atoms with Crippen LogP contribution in [0.5, 0.6) is 0 Å². The number of ether oxygens (including phenoxy) is 1. The van der Waals surface area contributed by atoms with E-state index in [0.29, 0.717) is 25.3 Å². The molecule has 162 valence electrons. The summed E-state index contributed by atoms with van der Waals surface area (Å²) in [5, 5.41) is 4.42. The zero-order valence-corrected chi connectivity index (χ0v) is 19.3. The van der Waals surface area contributed by atoms with Crippen LogP contribution in [0.1, 0.15) is 29.8 Å². The van der Waals surface area contributed by atoms with Crippen molar-refractivity contribution in [3.05, 3.63) is 70.2 Å². The third kappa shape index (κ3) is 4.83. The molecule has 1 aliphatic rings. The monoisotopic (exact) mass is 483 g/mol. The molecule has 2 heterocycles. The van der Waals surface area contributed by atoms with Crippen LogP contribution >= 0.6 is 15.9 Å². The predicted octanol–water partition coefficient (Wildman–Crippen LogP) is 4.99. The first-order chi connectivity index (χ1) is 15.0. The molecule has 0 saturated carbocycles. The smallest absolute Gasteiger partial charge is 0.254 e. The highest BCUT2D eigenvalue weighted by Gasteiger charge is 2.28. The van der Waals surface area contributed by atoms with Crippen molar-refractivity contribution in [2.24, 2.45) is 0 Å². The van der Waals surface area contributed by atoms with E-state index in [1.54, 1.807) is 0 Å². The van der Waals surface area contributed by atoms with Crippen LogP contribution in [0.3, 0.4) is 0 Å². The Morgan fingerprint density at radius 3 is 2.55 bits per heavy atom. The molecule has 2 aromatic carbocycles. The van der Waals surface area contributed by atoms with Gasteiger partial charge in [-0.3, -0.25) is 4.79 Å². The standard InChI is InChI=1S/C24H26BrN3O3/c1-17(2)28(23(29)19-9-6-10-20(25)15-19)16-21-22(18-7-4-3-5-8-18)26-31-24(21)27-11-13-30-14-12-27/h3-10,15,17H,11-14,16H2,1-2H3. The Bertz CT molecular complexity index is 1030. The minimum absolute atomic E-state index is 0.00236. The van der Waals surface area contributed by atoms with E-state index < -0.39 is 0 Å². The van der Waals surface area contributed by atoms with E-state index in [2.05, 4.69) is 26.0 Å². The van der Waals surface area contributed by atoms with Gasteiger partial charge < -0.3 is 19.1 Å². The van der Waals surface area contributed by atoms with Crippen molar-refractivity contribution in [2.45, 2.75) is 26.4 Å². The lowest BCUT2D eigenvalue weighted by Gasteiger charge is -2.30. The Hall–Kier alpha value is -2.64. The number of halogens is 1. The van der Waals surface area contributed by atoms with Gasteiger partial charge in [-0.15, -0.1) is 0 Å². The van der Waals surface area contributed by atoms with Crippen molar-refractivity contribution in [1.29, 1.82) is 0 Å². The molecule has 1 saturated heterocycles. The molecular weight excluding hydrogens is 458 g/mol. The van der Waals surface area contributed by atoms with E-state index in [-0.39, 0.29) is 11.9 Å². The highest BCUT2D eigenvalue weighted by Crippen LogP contribution is 2.33. The summed E-state index contributed by atoms with van der Waals surface area (Å²) in [5.41, 5.74) is 3.31. The van der Waals surface area contributed by atoms with Gasteiger partial charge in [0.05, 0.1) is 25.3 Å². The first-order valence-electron chi connectivity index (χ1n) is 10.5. The van der Waals surface area contributed by atoms with Crippen molar-refractivity contribution in [2.75, 3.05) is 31.2 Å². The van der Waals surface area contributed by atoms with Crippen LogP contribution < -0.4 is 4.90 Å². The highest BCUT2D eigenvalue weighted by molar-refractivity contribution is 9.10. The third-order valence-electron chi connectivity index (χ3n) is 5.40. The summed E-state index contributed by atoms with van der Waals surface area (Å²) in [6.45, 7) is 7.22. The topological polar surface area (TPSA) is 58.8 Å². The van der Waals surface area contributed by atoms with Gasteiger partial charge >= 0.3 is 0 Å². The fourth-order valence-electron chi connectivity index (χ4n) is 3.73. The number of benzene rings is 2. The summed E-state index contributed by atoms with van der Waals surface area (Å²) in [7, 11) is 0. The number of amides is 1. The van der Waals surface area contributed by atoms with Gasteiger partial charge in [0, 0.05) is 34.7 Å². The van der Waals surface area contributed by atoms with Gasteiger partial charge in [0.1, 0.15) is 5.69 Å². The number of hydrogen-bond donors (Lipinski definition) is 0. The fourth-order valence-corrected chi connectivity index (χ4v) is 4.13. The van der Waals surface area contributed by atoms with E-state index >= 15 is 0 Å². The maximum atomic E-state index is 13.4. The Balaban J connectivity index is 1.73. The Morgan fingerprint density at radius 1 is 1.13 bits per heavy atom. The molecule has 1 aliphatic heterocycles. The summed E-state index contributed by atoms with van der Waals surface area (Å²) in [6, 6.07) is 17.5. The molecule has 1 fully saturated rings. The lowest BCUT2D eigenvalue weighted by molar-refractivity contribution is 0.0690. The summed E-state index contributed by atoms with van der Waals surface area (Å²) in [5.74, 6) is 0.694. The highest BCUT2D eigenvalue weighted by atomic mass is 79.9. The molecule has 3 aromatic rings. The van der Waals surface area contributed by atoms with Gasteiger partial charge in [0.15, 0.2) is 0 Å². The molecule has 31 heavy (non-hydrogen) atoms. The van der Waals surface area contributed by atoms with Gasteiger partial charge in [0.2, 0.25) is 5.88 Å². The molecule has 7 heteroatoms. The number of hydrogen-bond acceptors (Lipinski definition) is 5. The number of morpholine rings is 1. The van der Waals surface area contributed by atoms with Crippen molar-refractivity contribution in [3.63, 3.8) is 0 Å². The van der Waals surface area contributed by atoms with E-state index in [0.717, 1.165) is 40.3 Å². The molecule has 0 aliphatic carbocycles. The zero-order valence-electron chi connectivity index (χ0n) is 17.8. The van der Waals surface area contributed by atoms with Crippen LogP contribution in [0.4, 0.5) is 5.88 Å². The van der Waals surface area contributed by atoms with Gasteiger partial charge in [-0.1, -0.05) is 57.5 Å². The number of carbonyl (C=O) groups is 1. The van der Waals surface area contributed by atoms with Gasteiger partial charge in [-0.25, -0.2) is 0 Å². The Morgan fingerprint density at radius 2 is 1.87 bits per heavy atom. The molecule has 6 nitrogen and oxygen atoms in total.